The maximum atomic E-state index is 12.6. The van der Waals surface area contributed by atoms with Crippen LogP contribution in [0.5, 0.6) is 0 Å². The Morgan fingerprint density at radius 2 is 1.64 bits per heavy atom. The minimum atomic E-state index is -0.800. The highest BCUT2D eigenvalue weighted by Crippen LogP contribution is 2.30. The van der Waals surface area contributed by atoms with Gasteiger partial charge in [-0.3, -0.25) is 4.79 Å². The number of hydrogen-bond donors (Lipinski definition) is 2. The van der Waals surface area contributed by atoms with E-state index in [2.05, 4.69) is 0 Å². The second-order valence-corrected chi connectivity index (χ2v) is 5.64. The lowest BCUT2D eigenvalue weighted by molar-refractivity contribution is 0.0485. The molecule has 0 bridgehead atoms. The van der Waals surface area contributed by atoms with Gasteiger partial charge < -0.3 is 15.1 Å². The van der Waals surface area contributed by atoms with Gasteiger partial charge in [-0.2, -0.15) is 0 Å². The number of benzene rings is 2. The van der Waals surface area contributed by atoms with Crippen LogP contribution in [0.3, 0.4) is 0 Å². The first-order valence-electron chi connectivity index (χ1n) is 7.44. The van der Waals surface area contributed by atoms with Gasteiger partial charge in [0.05, 0.1) is 18.2 Å². The van der Waals surface area contributed by atoms with Crippen molar-refractivity contribution in [2.75, 3.05) is 6.54 Å². The van der Waals surface area contributed by atoms with E-state index in [1.54, 1.807) is 17.0 Å². The standard InChI is InChI=1S/C18H19NO3/c20-15-11-16(17(21)13-7-3-1-4-8-13)19(12-15)18(22)14-9-5-2-6-10-14/h1-10,15-17,20-21H,11-12H2/t15-,16-,17+/m0/s1. The number of aliphatic hydroxyl groups excluding tert-OH is 2. The van der Waals surface area contributed by atoms with Crippen LogP contribution < -0.4 is 0 Å². The third kappa shape index (κ3) is 2.89. The number of carbonyl (C=O) groups excluding carboxylic acids is 1. The summed E-state index contributed by atoms with van der Waals surface area (Å²) < 4.78 is 0. The average Bonchev–Trinajstić information content (AvgIpc) is 2.97. The van der Waals surface area contributed by atoms with E-state index < -0.39 is 18.2 Å². The molecule has 2 N–H and O–H groups in total. The fourth-order valence-corrected chi connectivity index (χ4v) is 2.99. The van der Waals surface area contributed by atoms with Gasteiger partial charge in [-0.25, -0.2) is 0 Å². The predicted octanol–water partition coefficient (Wildman–Crippen LogP) is 2.00. The summed E-state index contributed by atoms with van der Waals surface area (Å²) in [7, 11) is 0. The van der Waals surface area contributed by atoms with Gasteiger partial charge in [0.25, 0.3) is 5.91 Å². The van der Waals surface area contributed by atoms with E-state index in [0.29, 0.717) is 12.0 Å². The van der Waals surface area contributed by atoms with Crippen molar-refractivity contribution in [3.63, 3.8) is 0 Å². The van der Waals surface area contributed by atoms with Crippen molar-refractivity contribution in [3.05, 3.63) is 71.8 Å². The smallest absolute Gasteiger partial charge is 0.254 e. The topological polar surface area (TPSA) is 60.8 Å². The normalized spacial score (nSPS) is 22.5. The minimum Gasteiger partial charge on any atom is -0.391 e. The molecular formula is C18H19NO3. The zero-order valence-corrected chi connectivity index (χ0v) is 12.2. The zero-order chi connectivity index (χ0) is 15.5. The SMILES string of the molecule is O=C(c1ccccc1)N1C[C@@H](O)C[C@H]1[C@H](O)c1ccccc1. The Kier molecular flexibility index (Phi) is 4.22. The van der Waals surface area contributed by atoms with E-state index >= 15 is 0 Å². The molecule has 1 aliphatic heterocycles. The molecule has 1 amide bonds. The van der Waals surface area contributed by atoms with Crippen LogP contribution >= 0.6 is 0 Å². The van der Waals surface area contributed by atoms with E-state index in [9.17, 15) is 15.0 Å². The molecule has 4 heteroatoms. The van der Waals surface area contributed by atoms with Crippen LogP contribution in [0, 0.1) is 0 Å². The number of carbonyl (C=O) groups is 1. The fraction of sp³-hybridized carbons (Fsp3) is 0.278. The Labute approximate surface area is 129 Å². The Morgan fingerprint density at radius 3 is 2.27 bits per heavy atom. The number of amides is 1. The summed E-state index contributed by atoms with van der Waals surface area (Å²) in [4.78, 5) is 14.2. The van der Waals surface area contributed by atoms with Gasteiger partial charge in [0.15, 0.2) is 0 Å². The summed E-state index contributed by atoms with van der Waals surface area (Å²) in [5.41, 5.74) is 1.33. The average molecular weight is 297 g/mol. The van der Waals surface area contributed by atoms with Crippen LogP contribution in [-0.2, 0) is 0 Å². The number of aliphatic hydroxyl groups is 2. The van der Waals surface area contributed by atoms with Crippen molar-refractivity contribution in [3.8, 4) is 0 Å². The molecule has 0 saturated carbocycles. The Balaban J connectivity index is 1.85. The van der Waals surface area contributed by atoms with Crippen LogP contribution in [0.25, 0.3) is 0 Å². The van der Waals surface area contributed by atoms with Gasteiger partial charge in [0.1, 0.15) is 0 Å². The van der Waals surface area contributed by atoms with E-state index in [1.165, 1.54) is 0 Å². The molecule has 0 aromatic heterocycles. The Morgan fingerprint density at radius 1 is 1.05 bits per heavy atom. The third-order valence-electron chi connectivity index (χ3n) is 4.11. The second-order valence-electron chi connectivity index (χ2n) is 5.64. The number of nitrogens with zero attached hydrogens (tertiary/aromatic N) is 1. The van der Waals surface area contributed by atoms with Gasteiger partial charge in [0, 0.05) is 12.1 Å². The summed E-state index contributed by atoms with van der Waals surface area (Å²) in [5.74, 6) is -0.155. The van der Waals surface area contributed by atoms with Gasteiger partial charge >= 0.3 is 0 Å². The molecular weight excluding hydrogens is 278 g/mol. The van der Waals surface area contributed by atoms with Crippen LogP contribution in [0.2, 0.25) is 0 Å². The first-order chi connectivity index (χ1) is 10.7. The van der Waals surface area contributed by atoms with Gasteiger partial charge in [0.2, 0.25) is 0 Å². The highest BCUT2D eigenvalue weighted by Gasteiger charge is 2.39. The minimum absolute atomic E-state index is 0.155. The van der Waals surface area contributed by atoms with Crippen molar-refractivity contribution < 1.29 is 15.0 Å². The highest BCUT2D eigenvalue weighted by atomic mass is 16.3. The molecule has 2 aromatic carbocycles. The van der Waals surface area contributed by atoms with Crippen LogP contribution in [0.15, 0.2) is 60.7 Å². The van der Waals surface area contributed by atoms with Crippen LogP contribution in [-0.4, -0.2) is 39.7 Å². The molecule has 1 saturated heterocycles. The summed E-state index contributed by atoms with van der Waals surface area (Å²) >= 11 is 0. The molecule has 2 aromatic rings. The Bertz CT molecular complexity index is 629. The van der Waals surface area contributed by atoms with Crippen molar-refractivity contribution in [1.29, 1.82) is 0 Å². The molecule has 0 spiro atoms. The van der Waals surface area contributed by atoms with Crippen LogP contribution in [0.1, 0.15) is 28.4 Å². The molecule has 3 atom stereocenters. The predicted molar refractivity (Wildman–Crippen MR) is 83.3 cm³/mol. The van der Waals surface area contributed by atoms with Crippen molar-refractivity contribution in [2.24, 2.45) is 0 Å². The molecule has 0 unspecified atom stereocenters. The zero-order valence-electron chi connectivity index (χ0n) is 12.2. The van der Waals surface area contributed by atoms with E-state index in [4.69, 9.17) is 0 Å². The number of hydrogen-bond acceptors (Lipinski definition) is 3. The number of likely N-dealkylation sites (tertiary alicyclic amines) is 1. The van der Waals surface area contributed by atoms with E-state index in [0.717, 1.165) is 5.56 Å². The lowest BCUT2D eigenvalue weighted by Crippen LogP contribution is -2.39. The lowest BCUT2D eigenvalue weighted by Gasteiger charge is -2.28. The van der Waals surface area contributed by atoms with E-state index in [1.807, 2.05) is 48.5 Å². The molecule has 114 valence electrons. The van der Waals surface area contributed by atoms with Gasteiger partial charge in [-0.15, -0.1) is 0 Å². The molecule has 0 radical (unpaired) electrons. The molecule has 1 fully saturated rings. The quantitative estimate of drug-likeness (QED) is 0.911. The number of β-amino-alcohol motifs (C(OH)–C–C–N with tert-alkyl or cyclic N) is 1. The molecule has 3 rings (SSSR count). The van der Waals surface area contributed by atoms with E-state index in [-0.39, 0.29) is 12.5 Å². The van der Waals surface area contributed by atoms with Gasteiger partial charge in [-0.1, -0.05) is 48.5 Å². The summed E-state index contributed by atoms with van der Waals surface area (Å²) in [5, 5.41) is 20.6. The Hall–Kier alpha value is -2.17. The molecule has 0 aliphatic carbocycles. The summed E-state index contributed by atoms with van der Waals surface area (Å²) in [6, 6.07) is 17.8. The van der Waals surface area contributed by atoms with Crippen LogP contribution in [0.4, 0.5) is 0 Å². The largest absolute Gasteiger partial charge is 0.391 e. The lowest BCUT2D eigenvalue weighted by atomic mass is 9.99. The second kappa shape index (κ2) is 6.30. The fourth-order valence-electron chi connectivity index (χ4n) is 2.99. The number of rotatable bonds is 3. The maximum absolute atomic E-state index is 12.6. The summed E-state index contributed by atoms with van der Waals surface area (Å²) in [6.07, 6.45) is -1.02. The maximum Gasteiger partial charge on any atom is 0.254 e. The third-order valence-corrected chi connectivity index (χ3v) is 4.11. The molecule has 1 aliphatic rings. The molecule has 4 nitrogen and oxygen atoms in total. The monoisotopic (exact) mass is 297 g/mol. The molecule has 1 heterocycles. The summed E-state index contributed by atoms with van der Waals surface area (Å²) in [6.45, 7) is 0.252. The first kappa shape index (κ1) is 14.8. The van der Waals surface area contributed by atoms with Gasteiger partial charge in [-0.05, 0) is 24.1 Å². The van der Waals surface area contributed by atoms with Crippen molar-refractivity contribution >= 4 is 5.91 Å². The van der Waals surface area contributed by atoms with Crippen molar-refractivity contribution in [1.82, 2.24) is 4.90 Å². The van der Waals surface area contributed by atoms with Crippen molar-refractivity contribution in [2.45, 2.75) is 24.7 Å². The first-order valence-corrected chi connectivity index (χ1v) is 7.44. The molecule has 22 heavy (non-hydrogen) atoms. The highest BCUT2D eigenvalue weighted by molar-refractivity contribution is 5.94.